The summed E-state index contributed by atoms with van der Waals surface area (Å²) in [6.07, 6.45) is -4.54. The van der Waals surface area contributed by atoms with E-state index in [1.54, 1.807) is 6.92 Å². The highest BCUT2D eigenvalue weighted by molar-refractivity contribution is 5.77. The SMILES string of the molecule is COC(=O)CCN(CC(F)(F)F)C(=O)CCC(C)N. The standard InChI is InChI=1S/C11H19F3N2O3/c1-8(15)3-4-9(17)16(7-11(12,13)14)6-5-10(18)19-2/h8H,3-7,15H2,1-2H3. The summed E-state index contributed by atoms with van der Waals surface area (Å²) < 4.78 is 41.3. The molecule has 1 amide bonds. The number of amides is 1. The molecule has 0 aromatic rings. The van der Waals surface area contributed by atoms with Gasteiger partial charge in [0.2, 0.25) is 5.91 Å². The summed E-state index contributed by atoms with van der Waals surface area (Å²) >= 11 is 0. The number of carbonyl (C=O) groups excluding carboxylic acids is 2. The maximum Gasteiger partial charge on any atom is 0.406 e. The maximum atomic E-state index is 12.3. The lowest BCUT2D eigenvalue weighted by Gasteiger charge is -2.23. The van der Waals surface area contributed by atoms with Gasteiger partial charge in [-0.15, -0.1) is 0 Å². The highest BCUT2D eigenvalue weighted by atomic mass is 19.4. The largest absolute Gasteiger partial charge is 0.469 e. The van der Waals surface area contributed by atoms with Gasteiger partial charge in [-0.3, -0.25) is 9.59 Å². The molecule has 1 unspecified atom stereocenters. The van der Waals surface area contributed by atoms with Crippen molar-refractivity contribution in [2.45, 2.75) is 38.4 Å². The lowest BCUT2D eigenvalue weighted by Crippen LogP contribution is -2.40. The van der Waals surface area contributed by atoms with Gasteiger partial charge in [0.1, 0.15) is 6.54 Å². The van der Waals surface area contributed by atoms with Gasteiger partial charge in [-0.25, -0.2) is 0 Å². The molecule has 0 bridgehead atoms. The number of nitrogens with two attached hydrogens (primary N) is 1. The molecule has 0 aromatic carbocycles. The molecule has 112 valence electrons. The summed E-state index contributed by atoms with van der Waals surface area (Å²) in [4.78, 5) is 23.2. The van der Waals surface area contributed by atoms with Gasteiger partial charge in [-0.1, -0.05) is 0 Å². The molecule has 19 heavy (non-hydrogen) atoms. The van der Waals surface area contributed by atoms with Crippen LogP contribution in [0.25, 0.3) is 0 Å². The minimum absolute atomic E-state index is 0.0745. The first-order chi connectivity index (χ1) is 8.65. The van der Waals surface area contributed by atoms with Crippen molar-refractivity contribution < 1.29 is 27.5 Å². The number of methoxy groups -OCH3 is 1. The number of ether oxygens (including phenoxy) is 1. The van der Waals surface area contributed by atoms with E-state index in [0.29, 0.717) is 11.3 Å². The van der Waals surface area contributed by atoms with Crippen LogP contribution in [0, 0.1) is 0 Å². The van der Waals surface area contributed by atoms with E-state index in [2.05, 4.69) is 4.74 Å². The minimum atomic E-state index is -4.50. The zero-order valence-electron chi connectivity index (χ0n) is 11.0. The van der Waals surface area contributed by atoms with Crippen LogP contribution in [-0.4, -0.2) is 49.2 Å². The summed E-state index contributed by atoms with van der Waals surface area (Å²) in [7, 11) is 1.13. The number of halogens is 3. The average Bonchev–Trinajstić information content (AvgIpc) is 2.29. The Kier molecular flexibility index (Phi) is 7.43. The van der Waals surface area contributed by atoms with Crippen LogP contribution < -0.4 is 5.73 Å². The van der Waals surface area contributed by atoms with E-state index in [1.165, 1.54) is 0 Å². The highest BCUT2D eigenvalue weighted by Crippen LogP contribution is 2.17. The minimum Gasteiger partial charge on any atom is -0.469 e. The summed E-state index contributed by atoms with van der Waals surface area (Å²) in [5, 5.41) is 0. The molecule has 0 fully saturated rings. The Labute approximate surface area is 109 Å². The van der Waals surface area contributed by atoms with Crippen molar-refractivity contribution in [1.29, 1.82) is 0 Å². The summed E-state index contributed by atoms with van der Waals surface area (Å²) in [6.45, 7) is -0.0262. The lowest BCUT2D eigenvalue weighted by atomic mass is 10.2. The van der Waals surface area contributed by atoms with Crippen LogP contribution >= 0.6 is 0 Å². The third kappa shape index (κ3) is 9.29. The van der Waals surface area contributed by atoms with E-state index in [-0.39, 0.29) is 25.4 Å². The van der Waals surface area contributed by atoms with Crippen LogP contribution in [0.4, 0.5) is 13.2 Å². The van der Waals surface area contributed by atoms with Crippen LogP contribution in [0.1, 0.15) is 26.2 Å². The fourth-order valence-electron chi connectivity index (χ4n) is 1.35. The predicted octanol–water partition coefficient (Wildman–Crippen LogP) is 1.07. The fourth-order valence-corrected chi connectivity index (χ4v) is 1.35. The molecule has 1 atom stereocenters. The number of rotatable bonds is 7. The Morgan fingerprint density at radius 1 is 1.32 bits per heavy atom. The Morgan fingerprint density at radius 2 is 1.89 bits per heavy atom. The molecular weight excluding hydrogens is 265 g/mol. The molecule has 0 heterocycles. The summed E-state index contributed by atoms with van der Waals surface area (Å²) in [5.41, 5.74) is 5.44. The van der Waals surface area contributed by atoms with Gasteiger partial charge in [0.25, 0.3) is 0 Å². The second kappa shape index (κ2) is 7.98. The molecule has 0 aliphatic heterocycles. The Bertz CT molecular complexity index is 306. The Morgan fingerprint density at radius 3 is 2.32 bits per heavy atom. The molecule has 0 rings (SSSR count). The first-order valence-electron chi connectivity index (χ1n) is 5.82. The number of alkyl halides is 3. The van der Waals surface area contributed by atoms with Gasteiger partial charge < -0.3 is 15.4 Å². The monoisotopic (exact) mass is 284 g/mol. The fraction of sp³-hybridized carbons (Fsp3) is 0.818. The molecule has 0 radical (unpaired) electrons. The van der Waals surface area contributed by atoms with Crippen molar-refractivity contribution in [3.05, 3.63) is 0 Å². The highest BCUT2D eigenvalue weighted by Gasteiger charge is 2.33. The Balaban J connectivity index is 4.48. The Hall–Kier alpha value is -1.31. The molecule has 5 nitrogen and oxygen atoms in total. The van der Waals surface area contributed by atoms with E-state index in [4.69, 9.17) is 5.73 Å². The molecule has 0 aliphatic carbocycles. The summed E-state index contributed by atoms with van der Waals surface area (Å²) in [5.74, 6) is -1.33. The second-order valence-corrected chi connectivity index (χ2v) is 4.27. The number of nitrogens with zero attached hydrogens (tertiary/aromatic N) is 1. The van der Waals surface area contributed by atoms with E-state index in [1.807, 2.05) is 0 Å². The maximum absolute atomic E-state index is 12.3. The quantitative estimate of drug-likeness (QED) is 0.710. The van der Waals surface area contributed by atoms with Crippen molar-refractivity contribution in [3.63, 3.8) is 0 Å². The smallest absolute Gasteiger partial charge is 0.406 e. The van der Waals surface area contributed by atoms with Crippen molar-refractivity contribution in [1.82, 2.24) is 4.90 Å². The first kappa shape index (κ1) is 17.7. The third-order valence-corrected chi connectivity index (χ3v) is 2.35. The van der Waals surface area contributed by atoms with Gasteiger partial charge in [-0.2, -0.15) is 13.2 Å². The molecule has 0 saturated carbocycles. The number of hydrogen-bond donors (Lipinski definition) is 1. The van der Waals surface area contributed by atoms with Crippen molar-refractivity contribution in [2.24, 2.45) is 5.73 Å². The zero-order chi connectivity index (χ0) is 15.1. The van der Waals surface area contributed by atoms with Crippen LogP contribution in [0.3, 0.4) is 0 Å². The molecule has 0 spiro atoms. The third-order valence-electron chi connectivity index (χ3n) is 2.35. The van der Waals surface area contributed by atoms with Crippen LogP contribution in [0.2, 0.25) is 0 Å². The topological polar surface area (TPSA) is 72.6 Å². The first-order valence-corrected chi connectivity index (χ1v) is 5.82. The number of carbonyl (C=O) groups is 2. The molecule has 8 heteroatoms. The molecule has 0 aliphatic rings. The normalized spacial score (nSPS) is 12.9. The van der Waals surface area contributed by atoms with E-state index >= 15 is 0 Å². The van der Waals surface area contributed by atoms with Crippen LogP contribution in [-0.2, 0) is 14.3 Å². The van der Waals surface area contributed by atoms with Crippen LogP contribution in [0.5, 0.6) is 0 Å². The predicted molar refractivity (Wildman–Crippen MR) is 62.2 cm³/mol. The van der Waals surface area contributed by atoms with Crippen molar-refractivity contribution in [3.8, 4) is 0 Å². The molecular formula is C11H19F3N2O3. The second-order valence-electron chi connectivity index (χ2n) is 4.27. The van der Waals surface area contributed by atoms with E-state index < -0.39 is 24.6 Å². The zero-order valence-corrected chi connectivity index (χ0v) is 11.0. The van der Waals surface area contributed by atoms with Gasteiger partial charge in [0, 0.05) is 19.0 Å². The van der Waals surface area contributed by atoms with Gasteiger partial charge in [0.05, 0.1) is 13.5 Å². The van der Waals surface area contributed by atoms with Crippen LogP contribution in [0.15, 0.2) is 0 Å². The number of hydrogen-bond acceptors (Lipinski definition) is 4. The average molecular weight is 284 g/mol. The van der Waals surface area contributed by atoms with Gasteiger partial charge in [-0.05, 0) is 13.3 Å². The molecule has 0 aromatic heterocycles. The number of esters is 1. The molecule has 2 N–H and O–H groups in total. The van der Waals surface area contributed by atoms with E-state index in [9.17, 15) is 22.8 Å². The summed E-state index contributed by atoms with van der Waals surface area (Å²) in [6, 6.07) is -0.266. The van der Waals surface area contributed by atoms with E-state index in [0.717, 1.165) is 7.11 Å². The lowest BCUT2D eigenvalue weighted by molar-refractivity contribution is -0.162. The molecule has 0 saturated heterocycles. The van der Waals surface area contributed by atoms with Crippen molar-refractivity contribution >= 4 is 11.9 Å². The van der Waals surface area contributed by atoms with Crippen molar-refractivity contribution in [2.75, 3.05) is 20.2 Å². The van der Waals surface area contributed by atoms with Gasteiger partial charge in [0.15, 0.2) is 0 Å². The van der Waals surface area contributed by atoms with Gasteiger partial charge >= 0.3 is 12.1 Å².